The smallest absolute Gasteiger partial charge is 0.242 e. The second kappa shape index (κ2) is 5.03. The first kappa shape index (κ1) is 11.7. The predicted octanol–water partition coefficient (Wildman–Crippen LogP) is 2.08. The summed E-state index contributed by atoms with van der Waals surface area (Å²) < 4.78 is 13.4. The van der Waals surface area contributed by atoms with E-state index in [0.717, 1.165) is 5.88 Å². The maximum absolute atomic E-state index is 13.4. The minimum atomic E-state index is -0.522. The molecule has 1 saturated heterocycles. The Morgan fingerprint density at radius 3 is 3.06 bits per heavy atom. The Labute approximate surface area is 102 Å². The summed E-state index contributed by atoms with van der Waals surface area (Å²) >= 11 is 7.25. The van der Waals surface area contributed by atoms with Crippen LogP contribution >= 0.6 is 23.4 Å². The number of carbonyl (C=O) groups excluding carboxylic acids is 1. The van der Waals surface area contributed by atoms with Crippen molar-refractivity contribution in [3.05, 3.63) is 29.0 Å². The van der Waals surface area contributed by atoms with Gasteiger partial charge >= 0.3 is 0 Å². The maximum Gasteiger partial charge on any atom is 0.242 e. The van der Waals surface area contributed by atoms with Gasteiger partial charge in [-0.2, -0.15) is 0 Å². The van der Waals surface area contributed by atoms with Gasteiger partial charge in [-0.3, -0.25) is 10.1 Å². The average Bonchev–Trinajstić information content (AvgIpc) is 2.75. The Hall–Kier alpha value is -0.780. The van der Waals surface area contributed by atoms with E-state index < -0.39 is 5.82 Å². The quantitative estimate of drug-likeness (QED) is 0.856. The van der Waals surface area contributed by atoms with Crippen LogP contribution in [0.5, 0.6) is 0 Å². The van der Waals surface area contributed by atoms with Crippen LogP contribution < -0.4 is 10.6 Å². The summed E-state index contributed by atoms with van der Waals surface area (Å²) in [5.74, 6) is 0.722. The third-order valence-electron chi connectivity index (χ3n) is 2.22. The van der Waals surface area contributed by atoms with Crippen LogP contribution in [0, 0.1) is 5.82 Å². The summed E-state index contributed by atoms with van der Waals surface area (Å²) in [6.45, 7) is 0. The minimum absolute atomic E-state index is 0.160. The van der Waals surface area contributed by atoms with Crippen molar-refractivity contribution in [3.8, 4) is 0 Å². The number of hydrogen-bond acceptors (Lipinski definition) is 3. The maximum atomic E-state index is 13.4. The standard InChI is InChI=1S/C10H10ClFN2OS/c11-6-1-2-8(7(12)3-6)14-10(15)9-4-16-5-13-9/h1-3,9,13H,4-5H2,(H,14,15). The van der Waals surface area contributed by atoms with E-state index in [4.69, 9.17) is 11.6 Å². The molecule has 1 aromatic carbocycles. The number of halogens is 2. The Morgan fingerprint density at radius 2 is 2.44 bits per heavy atom. The lowest BCUT2D eigenvalue weighted by molar-refractivity contribution is -0.117. The zero-order chi connectivity index (χ0) is 11.5. The SMILES string of the molecule is O=C(Nc1ccc(Cl)cc1F)C1CSCN1. The van der Waals surface area contributed by atoms with Crippen LogP contribution in [-0.2, 0) is 4.79 Å². The van der Waals surface area contributed by atoms with Crippen molar-refractivity contribution in [2.24, 2.45) is 0 Å². The lowest BCUT2D eigenvalue weighted by Crippen LogP contribution is -2.37. The molecule has 16 heavy (non-hydrogen) atoms. The van der Waals surface area contributed by atoms with E-state index in [2.05, 4.69) is 10.6 Å². The first-order valence-corrected chi connectivity index (χ1v) is 6.27. The van der Waals surface area contributed by atoms with Gasteiger partial charge in [0.25, 0.3) is 0 Å². The molecule has 1 aliphatic heterocycles. The molecule has 0 radical (unpaired) electrons. The lowest BCUT2D eigenvalue weighted by Gasteiger charge is -2.11. The second-order valence-corrected chi connectivity index (χ2v) is 4.85. The molecule has 0 bridgehead atoms. The molecule has 1 amide bonds. The molecule has 2 rings (SSSR count). The third-order valence-corrected chi connectivity index (χ3v) is 3.40. The zero-order valence-electron chi connectivity index (χ0n) is 8.30. The zero-order valence-corrected chi connectivity index (χ0v) is 9.87. The predicted molar refractivity (Wildman–Crippen MR) is 64.3 cm³/mol. The van der Waals surface area contributed by atoms with Crippen LogP contribution in [0.4, 0.5) is 10.1 Å². The number of nitrogens with one attached hydrogen (secondary N) is 2. The highest BCUT2D eigenvalue weighted by molar-refractivity contribution is 7.99. The Morgan fingerprint density at radius 1 is 1.62 bits per heavy atom. The Balaban J connectivity index is 2.05. The van der Waals surface area contributed by atoms with Crippen molar-refractivity contribution >= 4 is 35.0 Å². The number of carbonyl (C=O) groups is 1. The fourth-order valence-corrected chi connectivity index (χ4v) is 2.47. The Kier molecular flexibility index (Phi) is 3.68. The first-order chi connectivity index (χ1) is 7.66. The van der Waals surface area contributed by atoms with Gasteiger partial charge < -0.3 is 5.32 Å². The monoisotopic (exact) mass is 260 g/mol. The molecule has 86 valence electrons. The van der Waals surface area contributed by atoms with Crippen molar-refractivity contribution < 1.29 is 9.18 Å². The summed E-state index contributed by atoms with van der Waals surface area (Å²) in [5.41, 5.74) is 0.160. The molecule has 1 unspecified atom stereocenters. The number of amides is 1. The van der Waals surface area contributed by atoms with Crippen LogP contribution in [0.3, 0.4) is 0 Å². The fourth-order valence-electron chi connectivity index (χ4n) is 1.37. The van der Waals surface area contributed by atoms with Gasteiger partial charge in [0.05, 0.1) is 11.7 Å². The van der Waals surface area contributed by atoms with Crippen LogP contribution in [0.15, 0.2) is 18.2 Å². The van der Waals surface area contributed by atoms with E-state index >= 15 is 0 Å². The molecule has 2 N–H and O–H groups in total. The van der Waals surface area contributed by atoms with Gasteiger partial charge in [-0.15, -0.1) is 11.8 Å². The number of thioether (sulfide) groups is 1. The van der Waals surface area contributed by atoms with Gasteiger partial charge in [0.1, 0.15) is 5.82 Å². The van der Waals surface area contributed by atoms with Gasteiger partial charge in [0, 0.05) is 16.7 Å². The summed E-state index contributed by atoms with van der Waals surface area (Å²) in [6, 6.07) is 3.92. The van der Waals surface area contributed by atoms with Crippen molar-refractivity contribution in [1.29, 1.82) is 0 Å². The molecule has 0 aromatic heterocycles. The van der Waals surface area contributed by atoms with Crippen molar-refractivity contribution in [3.63, 3.8) is 0 Å². The van der Waals surface area contributed by atoms with E-state index in [1.165, 1.54) is 18.2 Å². The van der Waals surface area contributed by atoms with E-state index in [1.54, 1.807) is 11.8 Å². The molecule has 0 spiro atoms. The minimum Gasteiger partial charge on any atom is -0.322 e. The molecule has 1 aromatic rings. The van der Waals surface area contributed by atoms with Crippen LogP contribution in [-0.4, -0.2) is 23.6 Å². The summed E-state index contributed by atoms with van der Waals surface area (Å²) in [6.07, 6.45) is 0. The number of anilines is 1. The molecular weight excluding hydrogens is 251 g/mol. The van der Waals surface area contributed by atoms with Crippen molar-refractivity contribution in [1.82, 2.24) is 5.32 Å². The lowest BCUT2D eigenvalue weighted by atomic mass is 10.2. The second-order valence-electron chi connectivity index (χ2n) is 3.39. The van der Waals surface area contributed by atoms with E-state index in [1.807, 2.05) is 0 Å². The first-order valence-electron chi connectivity index (χ1n) is 4.74. The average molecular weight is 261 g/mol. The molecule has 1 atom stereocenters. The number of rotatable bonds is 2. The molecular formula is C10H10ClFN2OS. The van der Waals surface area contributed by atoms with Crippen molar-refractivity contribution in [2.45, 2.75) is 6.04 Å². The molecule has 1 fully saturated rings. The third kappa shape index (κ3) is 2.66. The highest BCUT2D eigenvalue weighted by atomic mass is 35.5. The van der Waals surface area contributed by atoms with E-state index in [9.17, 15) is 9.18 Å². The molecule has 1 aliphatic rings. The van der Waals surface area contributed by atoms with Gasteiger partial charge in [0.15, 0.2) is 0 Å². The summed E-state index contributed by atoms with van der Waals surface area (Å²) in [5, 5.41) is 5.85. The van der Waals surface area contributed by atoms with Crippen molar-refractivity contribution in [2.75, 3.05) is 16.9 Å². The van der Waals surface area contributed by atoms with Crippen LogP contribution in [0.2, 0.25) is 5.02 Å². The van der Waals surface area contributed by atoms with Gasteiger partial charge in [0.2, 0.25) is 5.91 Å². The fraction of sp³-hybridized carbons (Fsp3) is 0.300. The topological polar surface area (TPSA) is 41.1 Å². The number of benzene rings is 1. The highest BCUT2D eigenvalue weighted by Gasteiger charge is 2.23. The summed E-state index contributed by atoms with van der Waals surface area (Å²) in [7, 11) is 0. The van der Waals surface area contributed by atoms with E-state index in [-0.39, 0.29) is 17.6 Å². The van der Waals surface area contributed by atoms with Gasteiger partial charge in [-0.25, -0.2) is 4.39 Å². The molecule has 1 heterocycles. The molecule has 0 saturated carbocycles. The molecule has 6 heteroatoms. The summed E-state index contributed by atoms with van der Waals surface area (Å²) in [4.78, 5) is 11.7. The van der Waals surface area contributed by atoms with Crippen LogP contribution in [0.25, 0.3) is 0 Å². The Bertz CT molecular complexity index is 410. The molecule has 3 nitrogen and oxygen atoms in total. The van der Waals surface area contributed by atoms with Gasteiger partial charge in [-0.05, 0) is 18.2 Å². The molecule has 0 aliphatic carbocycles. The normalized spacial score (nSPS) is 19.8. The van der Waals surface area contributed by atoms with Gasteiger partial charge in [-0.1, -0.05) is 11.6 Å². The van der Waals surface area contributed by atoms with E-state index in [0.29, 0.717) is 10.8 Å². The highest BCUT2D eigenvalue weighted by Crippen LogP contribution is 2.19. The largest absolute Gasteiger partial charge is 0.322 e. The number of hydrogen-bond donors (Lipinski definition) is 2. The van der Waals surface area contributed by atoms with Crippen LogP contribution in [0.1, 0.15) is 0 Å².